The quantitative estimate of drug-likeness (QED) is 0.0571. The summed E-state index contributed by atoms with van der Waals surface area (Å²) in [5.41, 5.74) is 3.19. The molecular weight excluding hydrogens is 737 g/mol. The molecule has 2 atom stereocenters. The highest BCUT2D eigenvalue weighted by Gasteiger charge is 2.45. The first-order valence-electron chi connectivity index (χ1n) is 18.8. The zero-order valence-corrected chi connectivity index (χ0v) is 32.7. The number of aromatic hydroxyl groups is 1. The van der Waals surface area contributed by atoms with Crippen LogP contribution in [-0.4, -0.2) is 69.1 Å². The summed E-state index contributed by atoms with van der Waals surface area (Å²) in [5, 5.41) is 43.0. The lowest BCUT2D eigenvalue weighted by atomic mass is 9.91. The molecule has 11 nitrogen and oxygen atoms in total. The van der Waals surface area contributed by atoms with Crippen molar-refractivity contribution in [3.63, 3.8) is 0 Å². The van der Waals surface area contributed by atoms with Crippen molar-refractivity contribution in [1.29, 1.82) is 0 Å². The van der Waals surface area contributed by atoms with Gasteiger partial charge >= 0.3 is 11.7 Å². The molecule has 5 N–H and O–H groups in total. The SMILES string of the molecule is C=C1C=Cc2c([C@H](O)CNC(C)Cc3ccc4c(c3)oc(=O)n4CCCN(C)C3CCC(OC(=O)C(O)(c4cccs4)c4cccs4)CC3)ccc(O)c2N1. The highest BCUT2D eigenvalue weighted by Crippen LogP contribution is 2.39. The van der Waals surface area contributed by atoms with Gasteiger partial charge in [0.15, 0.2) is 5.58 Å². The molecule has 5 aromatic rings. The van der Waals surface area contributed by atoms with E-state index in [0.29, 0.717) is 57.8 Å². The lowest BCUT2D eigenvalue weighted by Crippen LogP contribution is -2.42. The molecule has 7 rings (SSSR count). The number of aliphatic hydroxyl groups excluding tert-OH is 1. The average Bonchev–Trinajstić information content (AvgIpc) is 3.97. The number of esters is 1. The van der Waals surface area contributed by atoms with Gasteiger partial charge in [0.2, 0.25) is 5.60 Å². The number of hydrogen-bond acceptors (Lipinski definition) is 12. The molecule has 2 aromatic carbocycles. The van der Waals surface area contributed by atoms with Crippen molar-refractivity contribution in [2.24, 2.45) is 0 Å². The van der Waals surface area contributed by atoms with Gasteiger partial charge < -0.3 is 40.0 Å². The number of nitrogens with zero attached hydrogens (tertiary/aromatic N) is 2. The first kappa shape index (κ1) is 38.8. The lowest BCUT2D eigenvalue weighted by Gasteiger charge is -2.35. The molecule has 1 saturated carbocycles. The Morgan fingerprint density at radius 1 is 1.11 bits per heavy atom. The Bertz CT molecular complexity index is 2170. The van der Waals surface area contributed by atoms with Crippen LogP contribution in [0.2, 0.25) is 0 Å². The molecule has 0 spiro atoms. The van der Waals surface area contributed by atoms with Gasteiger partial charge in [-0.15, -0.1) is 22.7 Å². The smallest absolute Gasteiger partial charge is 0.419 e. The van der Waals surface area contributed by atoms with Crippen LogP contribution >= 0.6 is 22.7 Å². The van der Waals surface area contributed by atoms with Gasteiger partial charge in [0.1, 0.15) is 11.9 Å². The number of ether oxygens (including phenoxy) is 1. The maximum absolute atomic E-state index is 13.4. The van der Waals surface area contributed by atoms with E-state index in [-0.39, 0.29) is 23.7 Å². The number of allylic oxidation sites excluding steroid dienone is 1. The topological polar surface area (TPSA) is 149 Å². The minimum absolute atomic E-state index is 0.0284. The maximum atomic E-state index is 13.4. The number of aliphatic hydroxyl groups is 2. The predicted octanol–water partition coefficient (Wildman–Crippen LogP) is 6.74. The summed E-state index contributed by atoms with van der Waals surface area (Å²) in [6.07, 6.45) is 7.25. The van der Waals surface area contributed by atoms with Crippen LogP contribution in [0.15, 0.2) is 92.9 Å². The van der Waals surface area contributed by atoms with Crippen molar-refractivity contribution in [3.8, 4) is 5.75 Å². The third kappa shape index (κ3) is 8.37. The van der Waals surface area contributed by atoms with Crippen molar-refractivity contribution in [3.05, 3.63) is 121 Å². The summed E-state index contributed by atoms with van der Waals surface area (Å²) in [6.45, 7) is 7.58. The first-order chi connectivity index (χ1) is 26.5. The number of thiophene rings is 2. The second-order valence-electron chi connectivity index (χ2n) is 14.6. The summed E-state index contributed by atoms with van der Waals surface area (Å²) >= 11 is 2.68. The number of aryl methyl sites for hydroxylation is 1. The Labute approximate surface area is 328 Å². The van der Waals surface area contributed by atoms with E-state index in [1.165, 1.54) is 22.7 Å². The zero-order chi connectivity index (χ0) is 38.7. The van der Waals surface area contributed by atoms with Crippen LogP contribution in [0.3, 0.4) is 0 Å². The van der Waals surface area contributed by atoms with E-state index in [1.807, 2.05) is 60.2 Å². The van der Waals surface area contributed by atoms with Gasteiger partial charge in [-0.3, -0.25) is 4.57 Å². The molecule has 290 valence electrons. The fourth-order valence-corrected chi connectivity index (χ4v) is 9.42. The van der Waals surface area contributed by atoms with E-state index in [0.717, 1.165) is 55.3 Å². The Kier molecular flexibility index (Phi) is 11.8. The van der Waals surface area contributed by atoms with Crippen molar-refractivity contribution >= 4 is 51.5 Å². The highest BCUT2D eigenvalue weighted by molar-refractivity contribution is 7.12. The third-order valence-electron chi connectivity index (χ3n) is 10.8. The van der Waals surface area contributed by atoms with Gasteiger partial charge in [0.05, 0.1) is 27.1 Å². The minimum atomic E-state index is -1.79. The van der Waals surface area contributed by atoms with E-state index >= 15 is 0 Å². The molecule has 1 unspecified atom stereocenters. The van der Waals surface area contributed by atoms with Crippen LogP contribution in [0, 0.1) is 0 Å². The molecule has 3 aromatic heterocycles. The summed E-state index contributed by atoms with van der Waals surface area (Å²) in [6, 6.07) is 16.7. The minimum Gasteiger partial charge on any atom is -0.506 e. The van der Waals surface area contributed by atoms with E-state index in [1.54, 1.807) is 28.8 Å². The largest absolute Gasteiger partial charge is 0.506 e. The fraction of sp³-hybridized carbons (Fsp3) is 0.381. The summed E-state index contributed by atoms with van der Waals surface area (Å²) in [4.78, 5) is 29.7. The molecule has 0 bridgehead atoms. The number of aromatic nitrogens is 1. The van der Waals surface area contributed by atoms with Crippen molar-refractivity contribution in [2.75, 3.05) is 25.5 Å². The molecule has 0 radical (unpaired) electrons. The van der Waals surface area contributed by atoms with Crippen LogP contribution in [0.4, 0.5) is 5.69 Å². The Hall–Kier alpha value is -4.50. The fourth-order valence-electron chi connectivity index (χ4n) is 7.70. The Morgan fingerprint density at radius 3 is 2.53 bits per heavy atom. The Morgan fingerprint density at radius 2 is 1.84 bits per heavy atom. The number of phenolic OH excluding ortho intramolecular Hbond substituents is 1. The number of nitrogens with one attached hydrogen (secondary N) is 2. The third-order valence-corrected chi connectivity index (χ3v) is 12.7. The van der Waals surface area contributed by atoms with Crippen LogP contribution in [0.25, 0.3) is 17.2 Å². The molecule has 1 aliphatic heterocycles. The lowest BCUT2D eigenvalue weighted by molar-refractivity contribution is -0.169. The van der Waals surface area contributed by atoms with Gasteiger partial charge in [-0.1, -0.05) is 36.9 Å². The van der Waals surface area contributed by atoms with E-state index in [9.17, 15) is 24.9 Å². The molecule has 0 saturated heterocycles. The van der Waals surface area contributed by atoms with E-state index < -0.39 is 17.7 Å². The van der Waals surface area contributed by atoms with Crippen molar-refractivity contribution < 1.29 is 29.3 Å². The number of anilines is 1. The van der Waals surface area contributed by atoms with E-state index in [4.69, 9.17) is 9.15 Å². The number of phenols is 1. The number of carbonyl (C=O) groups excluding carboxylic acids is 1. The highest BCUT2D eigenvalue weighted by atomic mass is 32.1. The normalized spacial score (nSPS) is 18.3. The van der Waals surface area contributed by atoms with Crippen molar-refractivity contribution in [1.82, 2.24) is 14.8 Å². The molecule has 13 heteroatoms. The van der Waals surface area contributed by atoms with Crippen LogP contribution in [-0.2, 0) is 28.1 Å². The molecule has 4 heterocycles. The second-order valence-corrected chi connectivity index (χ2v) is 16.5. The van der Waals surface area contributed by atoms with Gasteiger partial charge in [0.25, 0.3) is 0 Å². The molecule has 2 aliphatic rings. The molecular formula is C42H48N4O7S2. The molecule has 0 amide bonds. The van der Waals surface area contributed by atoms with Gasteiger partial charge in [-0.25, -0.2) is 9.59 Å². The number of fused-ring (bicyclic) bond motifs is 2. The zero-order valence-electron chi connectivity index (χ0n) is 31.1. The van der Waals surface area contributed by atoms with Crippen LogP contribution < -0.4 is 16.4 Å². The summed E-state index contributed by atoms with van der Waals surface area (Å²) in [5.74, 6) is -0.886. The maximum Gasteiger partial charge on any atom is 0.419 e. The first-order valence-corrected chi connectivity index (χ1v) is 20.5. The number of oxazole rings is 1. The average molecular weight is 785 g/mol. The predicted molar refractivity (Wildman–Crippen MR) is 218 cm³/mol. The monoisotopic (exact) mass is 784 g/mol. The molecule has 1 aliphatic carbocycles. The number of hydrogen-bond donors (Lipinski definition) is 5. The number of benzene rings is 2. The van der Waals surface area contributed by atoms with Crippen LogP contribution in [0.5, 0.6) is 5.75 Å². The van der Waals surface area contributed by atoms with Gasteiger partial charge in [-0.05, 0) is 117 Å². The summed E-state index contributed by atoms with van der Waals surface area (Å²) in [7, 11) is 2.10. The number of carbonyl (C=O) groups is 1. The van der Waals surface area contributed by atoms with Gasteiger partial charge in [0, 0.05) is 36.4 Å². The standard InChI is InChI=1S/C42H48N4O7S2/c1-26-9-15-32-31(16-18-34(47)39(32)44-26)35(48)25-43-27(2)23-28-10-17-33-36(24-28)53-41(50)46(33)20-6-19-45(3)29-11-13-30(14-12-29)52-40(49)42(51,37-7-4-21-54-37)38-8-5-22-55-38/h4-5,7-10,15-18,21-22,24,27,29-30,35,43-44,47-48,51H,1,6,11-14,19-20,23,25H2,2-3H3/t27?,29?,30?,35-/m1/s1. The number of rotatable bonds is 15. The molecule has 1 fully saturated rings. The van der Waals surface area contributed by atoms with Crippen molar-refractivity contribution in [2.45, 2.75) is 81.9 Å². The van der Waals surface area contributed by atoms with Crippen LogP contribution in [0.1, 0.15) is 71.6 Å². The Balaban J connectivity index is 0.872. The molecule has 55 heavy (non-hydrogen) atoms. The van der Waals surface area contributed by atoms with E-state index in [2.05, 4.69) is 29.2 Å². The summed E-state index contributed by atoms with van der Waals surface area (Å²) < 4.78 is 13.3. The van der Waals surface area contributed by atoms with Gasteiger partial charge in [-0.2, -0.15) is 0 Å². The second kappa shape index (κ2) is 16.7.